The van der Waals surface area contributed by atoms with Gasteiger partial charge in [0.15, 0.2) is 0 Å². The van der Waals surface area contributed by atoms with Crippen LogP contribution in [0.15, 0.2) is 115 Å². The van der Waals surface area contributed by atoms with Crippen LogP contribution in [0.3, 0.4) is 0 Å². The van der Waals surface area contributed by atoms with E-state index in [0.29, 0.717) is 19.4 Å². The smallest absolute Gasteiger partial charge is 0.475 e. The van der Waals surface area contributed by atoms with Crippen LogP contribution in [0.2, 0.25) is 0 Å². The van der Waals surface area contributed by atoms with Gasteiger partial charge in [-0.1, -0.05) is 91.0 Å². The monoisotopic (exact) mass is 649 g/mol. The van der Waals surface area contributed by atoms with Gasteiger partial charge in [0, 0.05) is 0 Å². The van der Waals surface area contributed by atoms with Crippen molar-refractivity contribution in [1.82, 2.24) is 5.32 Å². The van der Waals surface area contributed by atoms with Gasteiger partial charge in [-0.15, -0.1) is 0 Å². The molecular formula is C36H38F3N3O5. The lowest BCUT2D eigenvalue weighted by Crippen LogP contribution is -2.47. The van der Waals surface area contributed by atoms with Gasteiger partial charge in [-0.05, 0) is 77.2 Å². The van der Waals surface area contributed by atoms with Crippen LogP contribution in [0, 0.1) is 0 Å². The van der Waals surface area contributed by atoms with Crippen molar-refractivity contribution in [3.8, 4) is 11.5 Å². The zero-order valence-electron chi connectivity index (χ0n) is 25.6. The number of nitrogens with one attached hydrogen (secondary N) is 1. The Bertz CT molecular complexity index is 1640. The molecule has 5 aromatic carbocycles. The van der Waals surface area contributed by atoms with E-state index < -0.39 is 18.2 Å². The van der Waals surface area contributed by atoms with E-state index >= 15 is 0 Å². The first kappa shape index (κ1) is 36.5. The third-order valence-electron chi connectivity index (χ3n) is 6.87. The normalized spacial score (nSPS) is 12.1. The van der Waals surface area contributed by atoms with Crippen molar-refractivity contribution >= 4 is 33.4 Å². The standard InChI is InChI=1S/C20H14O.C14H23N3O2.C2HF3O2/c1-3-7-17-13-19(11-9-15(17)5-1)21-20-12-10-16-6-2-4-8-18(16)14-20;15-8-4-7-13(16)14(19)17-12(10-18)9-11-5-2-1-3-6-11;3-2(4,5)1(6)7/h1-14H;1-3,5-6,12-13,18H,4,7-10,15-16H2,(H,17,19);(H,6,7)/t;12-,13-;/m.1./s1. The second kappa shape index (κ2) is 18.2. The van der Waals surface area contributed by atoms with Gasteiger partial charge in [0.05, 0.1) is 18.7 Å². The number of carboxylic acid groups (broad SMARTS) is 1. The fourth-order valence-electron chi connectivity index (χ4n) is 4.43. The Morgan fingerprint density at radius 3 is 1.68 bits per heavy atom. The van der Waals surface area contributed by atoms with Crippen LogP contribution < -0.4 is 21.5 Å². The van der Waals surface area contributed by atoms with Gasteiger partial charge in [0.1, 0.15) is 11.5 Å². The maximum atomic E-state index is 11.8. The molecule has 47 heavy (non-hydrogen) atoms. The van der Waals surface area contributed by atoms with E-state index in [1.807, 2.05) is 66.7 Å². The number of carboxylic acids is 1. The van der Waals surface area contributed by atoms with Gasteiger partial charge in [-0.2, -0.15) is 13.2 Å². The number of aliphatic hydroxyl groups is 1. The van der Waals surface area contributed by atoms with Gasteiger partial charge in [0.25, 0.3) is 0 Å². The van der Waals surface area contributed by atoms with E-state index in [-0.39, 0.29) is 18.6 Å². The number of fused-ring (bicyclic) bond motifs is 2. The molecule has 0 radical (unpaired) electrons. The Morgan fingerprint density at radius 1 is 0.766 bits per heavy atom. The summed E-state index contributed by atoms with van der Waals surface area (Å²) >= 11 is 0. The number of rotatable bonds is 10. The van der Waals surface area contributed by atoms with E-state index in [4.69, 9.17) is 26.1 Å². The molecule has 248 valence electrons. The molecule has 1 amide bonds. The van der Waals surface area contributed by atoms with Crippen molar-refractivity contribution in [2.75, 3.05) is 13.2 Å². The van der Waals surface area contributed by atoms with Crippen molar-refractivity contribution in [2.45, 2.75) is 37.5 Å². The highest BCUT2D eigenvalue weighted by Crippen LogP contribution is 2.28. The first-order chi connectivity index (χ1) is 22.5. The van der Waals surface area contributed by atoms with Crippen molar-refractivity contribution in [3.05, 3.63) is 121 Å². The minimum atomic E-state index is -5.08. The molecule has 0 saturated carbocycles. The second-order valence-electron chi connectivity index (χ2n) is 10.5. The van der Waals surface area contributed by atoms with E-state index in [0.717, 1.165) is 23.5 Å². The number of ether oxygens (including phenoxy) is 1. The SMILES string of the molecule is NCCC[C@@H](N)C(=O)N[C@@H](CO)Cc1ccccc1.O=C(O)C(F)(F)F.c1ccc2cc(Oc3ccc4ccccc4c3)ccc2c1. The Hall–Kier alpha value is -4.97. The summed E-state index contributed by atoms with van der Waals surface area (Å²) in [5, 5.41) is 24.0. The number of nitrogens with two attached hydrogens (primary N) is 2. The van der Waals surface area contributed by atoms with Crippen molar-refractivity contribution < 1.29 is 37.7 Å². The number of benzene rings is 5. The summed E-state index contributed by atoms with van der Waals surface area (Å²) in [6.45, 7) is 0.415. The van der Waals surface area contributed by atoms with Gasteiger partial charge in [-0.3, -0.25) is 4.79 Å². The van der Waals surface area contributed by atoms with E-state index in [1.54, 1.807) is 0 Å². The Labute approximate surface area is 270 Å². The van der Waals surface area contributed by atoms with Crippen LogP contribution in [0.25, 0.3) is 21.5 Å². The number of carbonyl (C=O) groups excluding carboxylic acids is 1. The summed E-state index contributed by atoms with van der Waals surface area (Å²) in [5.74, 6) is -1.26. The molecule has 0 fully saturated rings. The number of carbonyl (C=O) groups is 2. The van der Waals surface area contributed by atoms with Crippen LogP contribution in [0.4, 0.5) is 13.2 Å². The molecule has 8 nitrogen and oxygen atoms in total. The molecule has 0 aliphatic heterocycles. The molecule has 5 rings (SSSR count). The molecule has 2 atom stereocenters. The van der Waals surface area contributed by atoms with Gasteiger partial charge in [-0.25, -0.2) is 4.79 Å². The second-order valence-corrected chi connectivity index (χ2v) is 10.5. The number of hydrogen-bond donors (Lipinski definition) is 5. The minimum Gasteiger partial charge on any atom is -0.475 e. The first-order valence-corrected chi connectivity index (χ1v) is 14.9. The average Bonchev–Trinajstić information content (AvgIpc) is 3.07. The predicted octanol–water partition coefficient (Wildman–Crippen LogP) is 6.19. The lowest BCUT2D eigenvalue weighted by Gasteiger charge is -2.19. The molecule has 5 aromatic rings. The maximum absolute atomic E-state index is 11.8. The van der Waals surface area contributed by atoms with Gasteiger partial charge in [0.2, 0.25) is 5.91 Å². The molecular weight excluding hydrogens is 611 g/mol. The topological polar surface area (TPSA) is 148 Å². The molecule has 0 aliphatic carbocycles. The van der Waals surface area contributed by atoms with Crippen molar-refractivity contribution in [3.63, 3.8) is 0 Å². The van der Waals surface area contributed by atoms with Crippen LogP contribution in [-0.2, 0) is 16.0 Å². The van der Waals surface area contributed by atoms with Gasteiger partial charge < -0.3 is 31.7 Å². The first-order valence-electron chi connectivity index (χ1n) is 14.9. The Kier molecular flexibility index (Phi) is 14.2. The predicted molar refractivity (Wildman–Crippen MR) is 177 cm³/mol. The number of halogens is 3. The molecule has 0 unspecified atom stereocenters. The zero-order valence-corrected chi connectivity index (χ0v) is 25.6. The summed E-state index contributed by atoms with van der Waals surface area (Å²) in [6, 6.07) is 37.8. The van der Waals surface area contributed by atoms with Crippen LogP contribution in [-0.4, -0.2) is 53.5 Å². The highest BCUT2D eigenvalue weighted by molar-refractivity contribution is 5.85. The third kappa shape index (κ3) is 12.4. The lowest BCUT2D eigenvalue weighted by molar-refractivity contribution is -0.192. The summed E-state index contributed by atoms with van der Waals surface area (Å²) < 4.78 is 37.7. The summed E-state index contributed by atoms with van der Waals surface area (Å²) in [7, 11) is 0. The number of aliphatic hydroxyl groups excluding tert-OH is 1. The maximum Gasteiger partial charge on any atom is 0.490 e. The van der Waals surface area contributed by atoms with Crippen LogP contribution >= 0.6 is 0 Å². The highest BCUT2D eigenvalue weighted by Gasteiger charge is 2.38. The molecule has 0 spiro atoms. The minimum absolute atomic E-state index is 0.107. The van der Waals surface area contributed by atoms with Crippen molar-refractivity contribution in [2.24, 2.45) is 11.5 Å². The van der Waals surface area contributed by atoms with Crippen LogP contribution in [0.5, 0.6) is 11.5 Å². The van der Waals surface area contributed by atoms with E-state index in [2.05, 4.69) is 53.8 Å². The van der Waals surface area contributed by atoms with Crippen molar-refractivity contribution in [1.29, 1.82) is 0 Å². The molecule has 0 bridgehead atoms. The molecule has 11 heteroatoms. The van der Waals surface area contributed by atoms with Gasteiger partial charge >= 0.3 is 12.1 Å². The molecule has 0 heterocycles. The number of amides is 1. The molecule has 0 aromatic heterocycles. The Morgan fingerprint density at radius 2 is 1.23 bits per heavy atom. The molecule has 7 N–H and O–H groups in total. The zero-order chi connectivity index (χ0) is 34.2. The van der Waals surface area contributed by atoms with E-state index in [9.17, 15) is 23.1 Å². The highest BCUT2D eigenvalue weighted by atomic mass is 19.4. The third-order valence-corrected chi connectivity index (χ3v) is 6.87. The summed E-state index contributed by atoms with van der Waals surface area (Å²) in [4.78, 5) is 20.7. The quantitative estimate of drug-likeness (QED) is 0.121. The molecule has 0 saturated heterocycles. The lowest BCUT2D eigenvalue weighted by atomic mass is 10.1. The van der Waals surface area contributed by atoms with E-state index in [1.165, 1.54) is 21.5 Å². The fourth-order valence-corrected chi connectivity index (χ4v) is 4.43. The Balaban J connectivity index is 0.000000215. The number of aliphatic carboxylic acids is 1. The van der Waals surface area contributed by atoms with Crippen LogP contribution in [0.1, 0.15) is 18.4 Å². The largest absolute Gasteiger partial charge is 0.490 e. The fraction of sp³-hybridized carbons (Fsp3) is 0.222. The molecule has 0 aliphatic rings. The average molecular weight is 650 g/mol. The number of hydrogen-bond acceptors (Lipinski definition) is 6. The summed E-state index contributed by atoms with van der Waals surface area (Å²) in [6.07, 6.45) is -3.21. The summed E-state index contributed by atoms with van der Waals surface area (Å²) in [5.41, 5.74) is 12.2. The number of alkyl halides is 3.